The van der Waals surface area contributed by atoms with Crippen molar-refractivity contribution in [2.75, 3.05) is 5.32 Å². The number of alkyl halides is 3. The average Bonchev–Trinajstić information content (AvgIpc) is 2.54. The lowest BCUT2D eigenvalue weighted by atomic mass is 9.81. The van der Waals surface area contributed by atoms with Crippen LogP contribution in [0.3, 0.4) is 0 Å². The van der Waals surface area contributed by atoms with Gasteiger partial charge >= 0.3 is 6.18 Å². The number of nitrogens with one attached hydrogen (secondary N) is 2. The molecule has 0 unspecified atom stereocenters. The minimum absolute atomic E-state index is 0.00624. The third-order valence-electron chi connectivity index (χ3n) is 4.36. The highest BCUT2D eigenvalue weighted by atomic mass is 19.4. The molecule has 1 aliphatic rings. The summed E-state index contributed by atoms with van der Waals surface area (Å²) in [7, 11) is 0. The number of hydrogen-bond acceptors (Lipinski definition) is 2. The minimum atomic E-state index is -4.44. The van der Waals surface area contributed by atoms with Gasteiger partial charge in [-0.2, -0.15) is 13.2 Å². The number of benzene rings is 1. The minimum Gasteiger partial charge on any atom is -0.354 e. The summed E-state index contributed by atoms with van der Waals surface area (Å²) >= 11 is 0. The molecule has 0 atom stereocenters. The summed E-state index contributed by atoms with van der Waals surface area (Å²) in [6, 6.07) is 4.68. The zero-order chi connectivity index (χ0) is 18.6. The first-order valence-corrected chi connectivity index (χ1v) is 8.45. The molecule has 0 aromatic heterocycles. The van der Waals surface area contributed by atoms with Gasteiger partial charge in [0.15, 0.2) is 0 Å². The number of anilines is 1. The van der Waals surface area contributed by atoms with Crippen molar-refractivity contribution < 1.29 is 22.8 Å². The van der Waals surface area contributed by atoms with Gasteiger partial charge in [0.05, 0.1) is 5.56 Å². The molecule has 4 nitrogen and oxygen atoms in total. The van der Waals surface area contributed by atoms with Gasteiger partial charge in [0, 0.05) is 23.6 Å². The maximum atomic E-state index is 12.7. The molecule has 2 N–H and O–H groups in total. The Balaban J connectivity index is 1.90. The van der Waals surface area contributed by atoms with E-state index in [2.05, 4.69) is 10.6 Å². The predicted molar refractivity (Wildman–Crippen MR) is 88.8 cm³/mol. The van der Waals surface area contributed by atoms with Crippen LogP contribution in [0, 0.1) is 11.8 Å². The molecule has 1 saturated carbocycles. The summed E-state index contributed by atoms with van der Waals surface area (Å²) < 4.78 is 38.2. The molecule has 1 aromatic rings. The van der Waals surface area contributed by atoms with Gasteiger partial charge in [-0.15, -0.1) is 0 Å². The van der Waals surface area contributed by atoms with E-state index < -0.39 is 11.7 Å². The maximum absolute atomic E-state index is 12.7. The van der Waals surface area contributed by atoms with Crippen molar-refractivity contribution in [1.82, 2.24) is 5.32 Å². The lowest BCUT2D eigenvalue weighted by Gasteiger charge is -2.27. The van der Waals surface area contributed by atoms with Gasteiger partial charge in [-0.1, -0.05) is 6.07 Å². The van der Waals surface area contributed by atoms with E-state index in [0.29, 0.717) is 25.7 Å². The van der Waals surface area contributed by atoms with Crippen LogP contribution >= 0.6 is 0 Å². The molecule has 1 aliphatic carbocycles. The fourth-order valence-corrected chi connectivity index (χ4v) is 3.04. The molecule has 0 bridgehead atoms. The summed E-state index contributed by atoms with van der Waals surface area (Å²) in [6.45, 7) is 3.79. The number of rotatable bonds is 4. The molecule has 2 rings (SSSR count). The number of halogens is 3. The van der Waals surface area contributed by atoms with E-state index >= 15 is 0 Å². The van der Waals surface area contributed by atoms with Crippen LogP contribution < -0.4 is 10.6 Å². The Hall–Kier alpha value is -2.05. The zero-order valence-electron chi connectivity index (χ0n) is 14.3. The molecule has 0 heterocycles. The van der Waals surface area contributed by atoms with E-state index in [0.717, 1.165) is 12.1 Å². The number of amides is 2. The van der Waals surface area contributed by atoms with Crippen molar-refractivity contribution in [1.29, 1.82) is 0 Å². The van der Waals surface area contributed by atoms with E-state index in [4.69, 9.17) is 0 Å². The van der Waals surface area contributed by atoms with Crippen molar-refractivity contribution in [2.45, 2.75) is 51.7 Å². The third kappa shape index (κ3) is 5.47. The molecular weight excluding hydrogens is 333 g/mol. The molecule has 0 spiro atoms. The third-order valence-corrected chi connectivity index (χ3v) is 4.36. The van der Waals surface area contributed by atoms with Crippen molar-refractivity contribution in [3.63, 3.8) is 0 Å². The molecule has 25 heavy (non-hydrogen) atoms. The quantitative estimate of drug-likeness (QED) is 0.857. The summed E-state index contributed by atoms with van der Waals surface area (Å²) in [5, 5.41) is 5.43. The van der Waals surface area contributed by atoms with Crippen molar-refractivity contribution in [2.24, 2.45) is 11.8 Å². The topological polar surface area (TPSA) is 58.2 Å². The van der Waals surface area contributed by atoms with E-state index in [1.807, 2.05) is 13.8 Å². The molecule has 0 radical (unpaired) electrons. The lowest BCUT2D eigenvalue weighted by Crippen LogP contribution is -2.38. The van der Waals surface area contributed by atoms with E-state index in [-0.39, 0.29) is 35.4 Å². The van der Waals surface area contributed by atoms with E-state index in [1.165, 1.54) is 12.1 Å². The first-order chi connectivity index (χ1) is 11.7. The second-order valence-electron chi connectivity index (χ2n) is 6.78. The summed E-state index contributed by atoms with van der Waals surface area (Å²) in [5.74, 6) is -0.661. The van der Waals surface area contributed by atoms with Gasteiger partial charge in [0.2, 0.25) is 11.8 Å². The molecule has 138 valence electrons. The molecule has 1 aromatic carbocycles. The van der Waals surface area contributed by atoms with Crippen molar-refractivity contribution >= 4 is 17.5 Å². The Bertz CT molecular complexity index is 621. The number of carbonyl (C=O) groups is 2. The molecule has 0 aliphatic heterocycles. The molecular formula is C18H23F3N2O2. The van der Waals surface area contributed by atoms with Crippen LogP contribution in [-0.2, 0) is 15.8 Å². The smallest absolute Gasteiger partial charge is 0.354 e. The van der Waals surface area contributed by atoms with Crippen LogP contribution in [0.15, 0.2) is 24.3 Å². The fraction of sp³-hybridized carbons (Fsp3) is 0.556. The Morgan fingerprint density at radius 2 is 1.60 bits per heavy atom. The van der Waals surface area contributed by atoms with Gasteiger partial charge in [-0.05, 0) is 57.7 Å². The monoisotopic (exact) mass is 356 g/mol. The SMILES string of the molecule is CC(C)NC(=O)C1CCC(C(=O)Nc2cccc(C(F)(F)F)c2)CC1. The van der Waals surface area contributed by atoms with Crippen molar-refractivity contribution in [3.8, 4) is 0 Å². The normalized spacial score (nSPS) is 21.0. The van der Waals surface area contributed by atoms with Gasteiger partial charge in [-0.3, -0.25) is 9.59 Å². The van der Waals surface area contributed by atoms with Crippen LogP contribution in [0.2, 0.25) is 0 Å². The van der Waals surface area contributed by atoms with Crippen LogP contribution in [0.1, 0.15) is 45.1 Å². The largest absolute Gasteiger partial charge is 0.416 e. The second-order valence-corrected chi connectivity index (χ2v) is 6.78. The van der Waals surface area contributed by atoms with Crippen molar-refractivity contribution in [3.05, 3.63) is 29.8 Å². The highest BCUT2D eigenvalue weighted by molar-refractivity contribution is 5.92. The molecule has 1 fully saturated rings. The first kappa shape index (κ1) is 19.3. The van der Waals surface area contributed by atoms with Crippen LogP contribution in [-0.4, -0.2) is 17.9 Å². The summed E-state index contributed by atoms with van der Waals surface area (Å²) in [6.07, 6.45) is -2.11. The molecule has 2 amide bonds. The van der Waals surface area contributed by atoms with Crippen LogP contribution in [0.25, 0.3) is 0 Å². The maximum Gasteiger partial charge on any atom is 0.416 e. The average molecular weight is 356 g/mol. The predicted octanol–water partition coefficient (Wildman–Crippen LogP) is 3.97. The fourth-order valence-electron chi connectivity index (χ4n) is 3.04. The highest BCUT2D eigenvalue weighted by Crippen LogP contribution is 2.32. The molecule has 7 heteroatoms. The van der Waals surface area contributed by atoms with Gasteiger partial charge in [0.25, 0.3) is 0 Å². The van der Waals surface area contributed by atoms with Crippen LogP contribution in [0.5, 0.6) is 0 Å². The van der Waals surface area contributed by atoms with E-state index in [9.17, 15) is 22.8 Å². The standard InChI is InChI=1S/C18H23F3N2O2/c1-11(2)22-16(24)12-6-8-13(9-7-12)17(25)23-15-5-3-4-14(10-15)18(19,20)21/h3-5,10-13H,6-9H2,1-2H3,(H,22,24)(H,23,25). The Labute approximate surface area is 145 Å². The number of carbonyl (C=O) groups excluding carboxylic acids is 2. The molecule has 0 saturated heterocycles. The van der Waals surface area contributed by atoms with Gasteiger partial charge in [-0.25, -0.2) is 0 Å². The highest BCUT2D eigenvalue weighted by Gasteiger charge is 2.32. The zero-order valence-corrected chi connectivity index (χ0v) is 14.3. The number of hydrogen-bond donors (Lipinski definition) is 2. The van der Waals surface area contributed by atoms with Gasteiger partial charge < -0.3 is 10.6 Å². The Morgan fingerprint density at radius 3 is 2.12 bits per heavy atom. The van der Waals surface area contributed by atoms with Gasteiger partial charge in [0.1, 0.15) is 0 Å². The first-order valence-electron chi connectivity index (χ1n) is 8.45. The summed E-state index contributed by atoms with van der Waals surface area (Å²) in [5.41, 5.74) is -0.654. The second kappa shape index (κ2) is 7.89. The Kier molecular flexibility index (Phi) is 6.08. The van der Waals surface area contributed by atoms with Crippen LogP contribution in [0.4, 0.5) is 18.9 Å². The summed E-state index contributed by atoms with van der Waals surface area (Å²) in [4.78, 5) is 24.3. The van der Waals surface area contributed by atoms with E-state index in [1.54, 1.807) is 0 Å². The Morgan fingerprint density at radius 1 is 1.04 bits per heavy atom. The lowest BCUT2D eigenvalue weighted by molar-refractivity contribution is -0.137.